The average Bonchev–Trinajstić information content (AvgIpc) is 2.74. The van der Waals surface area contributed by atoms with E-state index in [4.69, 9.17) is 0 Å². The monoisotopic (exact) mass is 285 g/mol. The van der Waals surface area contributed by atoms with Crippen LogP contribution in [0, 0.1) is 10.1 Å². The fourth-order valence-corrected chi connectivity index (χ4v) is 2.25. The molecule has 2 aromatic rings. The highest BCUT2D eigenvalue weighted by Crippen LogP contribution is 2.22. The molecule has 0 bridgehead atoms. The van der Waals surface area contributed by atoms with Gasteiger partial charge in [0.1, 0.15) is 5.83 Å². The van der Waals surface area contributed by atoms with Crippen molar-refractivity contribution in [3.8, 4) is 0 Å². The minimum absolute atomic E-state index is 0.0434. The van der Waals surface area contributed by atoms with Gasteiger partial charge in [-0.15, -0.1) is 0 Å². The van der Waals surface area contributed by atoms with Crippen LogP contribution in [0.1, 0.15) is 6.42 Å². The molecule has 0 radical (unpaired) electrons. The van der Waals surface area contributed by atoms with Crippen molar-refractivity contribution in [1.29, 1.82) is 0 Å². The highest BCUT2D eigenvalue weighted by atomic mass is 19.1. The minimum Gasteiger partial charge on any atom is -0.260 e. The number of halogens is 1. The number of nitrogens with zero attached hydrogens (tertiary/aromatic N) is 3. The molecule has 0 fully saturated rings. The standard InChI is InChI=1S/C15H12FN3O2/c16-13-3-1-2-11(4-5-13)10-18-15-7-6-14(19(20)21)8-12(15)9-17-18/h2-9H,1,10H2. The quantitative estimate of drug-likeness (QED) is 0.638. The van der Waals surface area contributed by atoms with Crippen LogP contribution in [0.15, 0.2) is 60.1 Å². The van der Waals surface area contributed by atoms with Crippen LogP contribution in [0.4, 0.5) is 10.1 Å². The van der Waals surface area contributed by atoms with Crippen molar-refractivity contribution in [2.24, 2.45) is 0 Å². The first-order valence-corrected chi connectivity index (χ1v) is 6.46. The lowest BCUT2D eigenvalue weighted by Gasteiger charge is -2.04. The third-order valence-electron chi connectivity index (χ3n) is 3.32. The Labute approximate surface area is 119 Å². The number of hydrogen-bond acceptors (Lipinski definition) is 3. The summed E-state index contributed by atoms with van der Waals surface area (Å²) in [5, 5.41) is 15.7. The van der Waals surface area contributed by atoms with Crippen LogP contribution >= 0.6 is 0 Å². The van der Waals surface area contributed by atoms with Gasteiger partial charge in [0.25, 0.3) is 5.69 Å². The summed E-state index contributed by atoms with van der Waals surface area (Å²) in [6.45, 7) is 0.499. The van der Waals surface area contributed by atoms with Crippen molar-refractivity contribution >= 4 is 16.6 Å². The smallest absolute Gasteiger partial charge is 0.260 e. The zero-order chi connectivity index (χ0) is 14.8. The molecule has 0 N–H and O–H groups in total. The van der Waals surface area contributed by atoms with E-state index < -0.39 is 4.92 Å². The molecule has 5 nitrogen and oxygen atoms in total. The van der Waals surface area contributed by atoms with E-state index in [0.29, 0.717) is 18.4 Å². The molecule has 6 heteroatoms. The number of rotatable bonds is 3. The summed E-state index contributed by atoms with van der Waals surface area (Å²) in [7, 11) is 0. The largest absolute Gasteiger partial charge is 0.270 e. The molecule has 106 valence electrons. The summed E-state index contributed by atoms with van der Waals surface area (Å²) in [4.78, 5) is 10.3. The van der Waals surface area contributed by atoms with Crippen molar-refractivity contribution in [1.82, 2.24) is 9.78 Å². The topological polar surface area (TPSA) is 61.0 Å². The number of allylic oxidation sites excluding steroid dienone is 6. The Balaban J connectivity index is 1.90. The maximum atomic E-state index is 13.1. The Morgan fingerprint density at radius 1 is 1.33 bits per heavy atom. The zero-order valence-corrected chi connectivity index (χ0v) is 11.1. The van der Waals surface area contributed by atoms with E-state index >= 15 is 0 Å². The Hall–Kier alpha value is -2.76. The first kappa shape index (κ1) is 13.2. The number of nitro groups is 1. The summed E-state index contributed by atoms with van der Waals surface area (Å²) < 4.78 is 14.9. The molecule has 1 heterocycles. The molecule has 0 saturated carbocycles. The van der Waals surface area contributed by atoms with Gasteiger partial charge in [-0.25, -0.2) is 4.39 Å². The van der Waals surface area contributed by atoms with Gasteiger partial charge in [-0.3, -0.25) is 14.8 Å². The maximum Gasteiger partial charge on any atom is 0.270 e. The van der Waals surface area contributed by atoms with Crippen molar-refractivity contribution in [3.05, 3.63) is 70.2 Å². The van der Waals surface area contributed by atoms with Crippen molar-refractivity contribution < 1.29 is 9.31 Å². The molecule has 0 amide bonds. The van der Waals surface area contributed by atoms with E-state index in [-0.39, 0.29) is 11.5 Å². The summed E-state index contributed by atoms with van der Waals surface area (Å²) in [5.41, 5.74) is 1.80. The average molecular weight is 285 g/mol. The van der Waals surface area contributed by atoms with Gasteiger partial charge in [0.05, 0.1) is 23.2 Å². The maximum absolute atomic E-state index is 13.1. The molecule has 1 aliphatic carbocycles. The highest BCUT2D eigenvalue weighted by molar-refractivity contribution is 5.81. The lowest BCUT2D eigenvalue weighted by atomic mass is 10.2. The number of aromatic nitrogens is 2. The number of hydrogen-bond donors (Lipinski definition) is 0. The SMILES string of the molecule is O=[N+]([O-])c1ccc2c(cnn2CC2=CCC=C(F)C=C2)c1. The first-order valence-electron chi connectivity index (χ1n) is 6.46. The van der Waals surface area contributed by atoms with Gasteiger partial charge in [-0.1, -0.05) is 12.2 Å². The third kappa shape index (κ3) is 2.74. The number of nitro benzene ring substituents is 1. The minimum atomic E-state index is -0.429. The van der Waals surface area contributed by atoms with Gasteiger partial charge < -0.3 is 0 Å². The van der Waals surface area contributed by atoms with Gasteiger partial charge >= 0.3 is 0 Å². The fourth-order valence-electron chi connectivity index (χ4n) is 2.25. The Morgan fingerprint density at radius 3 is 3.00 bits per heavy atom. The molecule has 0 spiro atoms. The number of benzene rings is 1. The molecule has 0 aliphatic heterocycles. The number of non-ortho nitro benzene ring substituents is 1. The lowest BCUT2D eigenvalue weighted by Crippen LogP contribution is -2.01. The van der Waals surface area contributed by atoms with Crippen LogP contribution < -0.4 is 0 Å². The van der Waals surface area contributed by atoms with Gasteiger partial charge in [-0.05, 0) is 30.2 Å². The van der Waals surface area contributed by atoms with Crippen LogP contribution in [0.5, 0.6) is 0 Å². The van der Waals surface area contributed by atoms with Crippen LogP contribution in [0.3, 0.4) is 0 Å². The highest BCUT2D eigenvalue weighted by Gasteiger charge is 2.10. The van der Waals surface area contributed by atoms with Crippen molar-refractivity contribution in [2.45, 2.75) is 13.0 Å². The van der Waals surface area contributed by atoms with Gasteiger partial charge in [0, 0.05) is 17.5 Å². The Morgan fingerprint density at radius 2 is 2.19 bits per heavy atom. The van der Waals surface area contributed by atoms with E-state index in [1.54, 1.807) is 23.0 Å². The summed E-state index contributed by atoms with van der Waals surface area (Å²) in [6.07, 6.45) is 8.73. The summed E-state index contributed by atoms with van der Waals surface area (Å²) in [5.74, 6) is -0.248. The summed E-state index contributed by atoms with van der Waals surface area (Å²) in [6, 6.07) is 4.64. The Kier molecular flexibility index (Phi) is 3.35. The molecule has 3 rings (SSSR count). The van der Waals surface area contributed by atoms with Crippen LogP contribution in [-0.4, -0.2) is 14.7 Å². The van der Waals surface area contributed by atoms with Crippen LogP contribution in [-0.2, 0) is 6.54 Å². The molecule has 0 atom stereocenters. The fraction of sp³-hybridized carbons (Fsp3) is 0.133. The van der Waals surface area contributed by atoms with Gasteiger partial charge in [0.2, 0.25) is 0 Å². The molecule has 1 aliphatic rings. The molecule has 21 heavy (non-hydrogen) atoms. The van der Waals surface area contributed by atoms with E-state index in [1.165, 1.54) is 24.3 Å². The van der Waals surface area contributed by atoms with Crippen LogP contribution in [0.25, 0.3) is 10.9 Å². The second kappa shape index (κ2) is 5.32. The Bertz CT molecular complexity index is 802. The van der Waals surface area contributed by atoms with E-state index in [9.17, 15) is 14.5 Å². The molecular formula is C15H12FN3O2. The second-order valence-electron chi connectivity index (χ2n) is 4.74. The normalized spacial score (nSPS) is 14.7. The van der Waals surface area contributed by atoms with Crippen LogP contribution in [0.2, 0.25) is 0 Å². The molecule has 1 aromatic carbocycles. The van der Waals surface area contributed by atoms with Crippen molar-refractivity contribution in [2.75, 3.05) is 0 Å². The predicted octanol–water partition coefficient (Wildman–Crippen LogP) is 3.68. The summed E-state index contributed by atoms with van der Waals surface area (Å²) >= 11 is 0. The third-order valence-corrected chi connectivity index (χ3v) is 3.32. The molecule has 0 unspecified atom stereocenters. The second-order valence-corrected chi connectivity index (χ2v) is 4.74. The number of fused-ring (bicyclic) bond motifs is 1. The molecule has 0 saturated heterocycles. The van der Waals surface area contributed by atoms with E-state index in [2.05, 4.69) is 5.10 Å². The van der Waals surface area contributed by atoms with E-state index in [1.807, 2.05) is 6.08 Å². The first-order chi connectivity index (χ1) is 10.1. The van der Waals surface area contributed by atoms with Gasteiger partial charge in [-0.2, -0.15) is 5.10 Å². The lowest BCUT2D eigenvalue weighted by molar-refractivity contribution is -0.384. The zero-order valence-electron chi connectivity index (χ0n) is 11.1. The van der Waals surface area contributed by atoms with E-state index in [0.717, 1.165) is 11.1 Å². The predicted molar refractivity (Wildman–Crippen MR) is 77.4 cm³/mol. The van der Waals surface area contributed by atoms with Crippen molar-refractivity contribution in [3.63, 3.8) is 0 Å². The van der Waals surface area contributed by atoms with Gasteiger partial charge in [0.15, 0.2) is 0 Å². The molecular weight excluding hydrogens is 273 g/mol. The molecule has 1 aromatic heterocycles.